The first-order valence-electron chi connectivity index (χ1n) is 9.19. The highest BCUT2D eigenvalue weighted by Gasteiger charge is 2.18. The second-order valence-corrected chi connectivity index (χ2v) is 7.22. The van der Waals surface area contributed by atoms with Crippen LogP contribution in [0.15, 0.2) is 53.0 Å². The van der Waals surface area contributed by atoms with E-state index in [1.807, 2.05) is 0 Å². The summed E-state index contributed by atoms with van der Waals surface area (Å²) >= 11 is 3.32. The molecule has 0 bridgehead atoms. The molecular formula is C22H25BrO3. The van der Waals surface area contributed by atoms with E-state index in [0.29, 0.717) is 17.7 Å². The van der Waals surface area contributed by atoms with E-state index in [4.69, 9.17) is 4.74 Å². The number of ether oxygens (including phenoxy) is 1. The van der Waals surface area contributed by atoms with Crippen molar-refractivity contribution >= 4 is 27.5 Å². The van der Waals surface area contributed by atoms with Gasteiger partial charge in [-0.2, -0.15) is 0 Å². The number of carbonyl (C=O) groups excluding carboxylic acids is 2. The molecule has 138 valence electrons. The third kappa shape index (κ3) is 6.41. The largest absolute Gasteiger partial charge is 0.494 e. The predicted octanol–water partition coefficient (Wildman–Crippen LogP) is 6.25. The van der Waals surface area contributed by atoms with Gasteiger partial charge < -0.3 is 4.74 Å². The van der Waals surface area contributed by atoms with Crippen LogP contribution >= 0.6 is 15.9 Å². The second-order valence-electron chi connectivity index (χ2n) is 6.31. The molecule has 0 fully saturated rings. The normalized spacial score (nSPS) is 10.5. The van der Waals surface area contributed by atoms with E-state index in [1.165, 1.54) is 32.1 Å². The SMILES string of the molecule is CCCCCCCCOc1ccc(C(=O)C(=O)c2ccc(Br)cc2)cc1. The van der Waals surface area contributed by atoms with Gasteiger partial charge in [-0.3, -0.25) is 9.59 Å². The summed E-state index contributed by atoms with van der Waals surface area (Å²) in [7, 11) is 0. The summed E-state index contributed by atoms with van der Waals surface area (Å²) in [5.41, 5.74) is 0.770. The number of hydrogen-bond donors (Lipinski definition) is 0. The van der Waals surface area contributed by atoms with E-state index >= 15 is 0 Å². The Kier molecular flexibility index (Phi) is 8.56. The summed E-state index contributed by atoms with van der Waals surface area (Å²) in [5.74, 6) is -0.278. The third-order valence-corrected chi connectivity index (χ3v) is 4.72. The molecule has 0 amide bonds. The van der Waals surface area contributed by atoms with Gasteiger partial charge in [0.15, 0.2) is 0 Å². The van der Waals surface area contributed by atoms with Gasteiger partial charge in [0.25, 0.3) is 0 Å². The molecule has 0 radical (unpaired) electrons. The highest BCUT2D eigenvalue weighted by molar-refractivity contribution is 9.10. The summed E-state index contributed by atoms with van der Waals surface area (Å²) in [4.78, 5) is 24.6. The van der Waals surface area contributed by atoms with Crippen LogP contribution in [0.25, 0.3) is 0 Å². The Morgan fingerprint density at radius 2 is 1.27 bits per heavy atom. The third-order valence-electron chi connectivity index (χ3n) is 4.20. The van der Waals surface area contributed by atoms with Crippen molar-refractivity contribution in [1.29, 1.82) is 0 Å². The maximum atomic E-state index is 12.3. The Balaban J connectivity index is 1.81. The fourth-order valence-electron chi connectivity index (χ4n) is 2.64. The molecule has 0 saturated heterocycles. The average molecular weight is 417 g/mol. The highest BCUT2D eigenvalue weighted by atomic mass is 79.9. The molecule has 0 atom stereocenters. The molecule has 0 unspecified atom stereocenters. The monoisotopic (exact) mass is 416 g/mol. The first-order valence-corrected chi connectivity index (χ1v) is 9.98. The Hall–Kier alpha value is -1.94. The maximum absolute atomic E-state index is 12.3. The number of benzene rings is 2. The molecule has 26 heavy (non-hydrogen) atoms. The standard InChI is InChI=1S/C22H25BrO3/c1-2-3-4-5-6-7-16-26-20-14-10-18(11-15-20)22(25)21(24)17-8-12-19(23)13-9-17/h8-15H,2-7,16H2,1H3. The van der Waals surface area contributed by atoms with Gasteiger partial charge >= 0.3 is 0 Å². The molecule has 0 aliphatic carbocycles. The van der Waals surface area contributed by atoms with Gasteiger partial charge in [0.1, 0.15) is 5.75 Å². The average Bonchev–Trinajstić information content (AvgIpc) is 2.67. The van der Waals surface area contributed by atoms with Crippen LogP contribution in [-0.4, -0.2) is 18.2 Å². The summed E-state index contributed by atoms with van der Waals surface area (Å²) < 4.78 is 6.57. The molecule has 0 aliphatic heterocycles. The summed E-state index contributed by atoms with van der Waals surface area (Å²) in [6.45, 7) is 2.89. The zero-order valence-corrected chi connectivity index (χ0v) is 16.8. The lowest BCUT2D eigenvalue weighted by molar-refractivity contribution is 0.0817. The predicted molar refractivity (Wildman–Crippen MR) is 108 cm³/mol. The van der Waals surface area contributed by atoms with Crippen LogP contribution in [0.5, 0.6) is 5.75 Å². The second kappa shape index (κ2) is 10.9. The Labute approximate surface area is 163 Å². The van der Waals surface area contributed by atoms with Crippen molar-refractivity contribution < 1.29 is 14.3 Å². The van der Waals surface area contributed by atoms with E-state index < -0.39 is 11.6 Å². The number of hydrogen-bond acceptors (Lipinski definition) is 3. The Morgan fingerprint density at radius 1 is 0.769 bits per heavy atom. The van der Waals surface area contributed by atoms with Crippen molar-refractivity contribution in [2.45, 2.75) is 45.4 Å². The number of carbonyl (C=O) groups is 2. The van der Waals surface area contributed by atoms with E-state index in [2.05, 4.69) is 22.9 Å². The van der Waals surface area contributed by atoms with Crippen molar-refractivity contribution in [3.05, 3.63) is 64.1 Å². The molecule has 0 aliphatic rings. The Morgan fingerprint density at radius 3 is 1.85 bits per heavy atom. The minimum atomic E-state index is -0.505. The summed E-state index contributed by atoms with van der Waals surface area (Å²) in [5, 5.41) is 0. The lowest BCUT2D eigenvalue weighted by Gasteiger charge is -2.07. The van der Waals surface area contributed by atoms with Crippen LogP contribution < -0.4 is 4.74 Å². The van der Waals surface area contributed by atoms with Crippen molar-refractivity contribution in [3.8, 4) is 5.75 Å². The minimum absolute atomic E-state index is 0.379. The van der Waals surface area contributed by atoms with Gasteiger partial charge in [0, 0.05) is 15.6 Å². The number of Topliss-reactive ketones (excluding diaryl/α,β-unsaturated/α-hetero) is 2. The van der Waals surface area contributed by atoms with Crippen molar-refractivity contribution in [1.82, 2.24) is 0 Å². The number of rotatable bonds is 11. The zero-order valence-electron chi connectivity index (χ0n) is 15.2. The fraction of sp³-hybridized carbons (Fsp3) is 0.364. The van der Waals surface area contributed by atoms with Crippen LogP contribution in [0.2, 0.25) is 0 Å². The lowest BCUT2D eigenvalue weighted by atomic mass is 10.0. The van der Waals surface area contributed by atoms with E-state index in [-0.39, 0.29) is 0 Å². The molecule has 2 rings (SSSR count). The summed E-state index contributed by atoms with van der Waals surface area (Å²) in [6.07, 6.45) is 7.31. The van der Waals surface area contributed by atoms with Gasteiger partial charge in [-0.05, 0) is 55.0 Å². The van der Waals surface area contributed by atoms with Crippen molar-refractivity contribution in [3.63, 3.8) is 0 Å². The molecule has 0 spiro atoms. The number of ketones is 2. The smallest absolute Gasteiger partial charge is 0.233 e. The summed E-state index contributed by atoms with van der Waals surface area (Å²) in [6, 6.07) is 13.6. The highest BCUT2D eigenvalue weighted by Crippen LogP contribution is 2.16. The van der Waals surface area contributed by atoms with Crippen LogP contribution in [0.1, 0.15) is 66.2 Å². The van der Waals surface area contributed by atoms with Crippen LogP contribution in [-0.2, 0) is 0 Å². The molecule has 0 heterocycles. The molecule has 3 nitrogen and oxygen atoms in total. The van der Waals surface area contributed by atoms with Gasteiger partial charge in [-0.15, -0.1) is 0 Å². The van der Waals surface area contributed by atoms with E-state index in [9.17, 15) is 9.59 Å². The molecule has 0 N–H and O–H groups in total. The quantitative estimate of drug-likeness (QED) is 0.246. The fourth-order valence-corrected chi connectivity index (χ4v) is 2.90. The number of unbranched alkanes of at least 4 members (excludes halogenated alkanes) is 5. The molecule has 0 saturated carbocycles. The van der Waals surface area contributed by atoms with Crippen molar-refractivity contribution in [2.75, 3.05) is 6.61 Å². The van der Waals surface area contributed by atoms with Crippen LogP contribution in [0, 0.1) is 0 Å². The molecule has 4 heteroatoms. The van der Waals surface area contributed by atoms with E-state index in [1.54, 1.807) is 48.5 Å². The van der Waals surface area contributed by atoms with Gasteiger partial charge in [-0.25, -0.2) is 0 Å². The first kappa shape index (κ1) is 20.4. The minimum Gasteiger partial charge on any atom is -0.494 e. The molecule has 0 aromatic heterocycles. The van der Waals surface area contributed by atoms with E-state index in [0.717, 1.165) is 16.6 Å². The maximum Gasteiger partial charge on any atom is 0.233 e. The topological polar surface area (TPSA) is 43.4 Å². The number of halogens is 1. The zero-order chi connectivity index (χ0) is 18.8. The first-order chi connectivity index (χ1) is 12.6. The van der Waals surface area contributed by atoms with Crippen LogP contribution in [0.4, 0.5) is 0 Å². The van der Waals surface area contributed by atoms with Crippen molar-refractivity contribution in [2.24, 2.45) is 0 Å². The van der Waals surface area contributed by atoms with Gasteiger partial charge in [-0.1, -0.05) is 55.0 Å². The van der Waals surface area contributed by atoms with Gasteiger partial charge in [0.2, 0.25) is 11.6 Å². The van der Waals surface area contributed by atoms with Gasteiger partial charge in [0.05, 0.1) is 6.61 Å². The molecular weight excluding hydrogens is 392 g/mol. The molecule has 2 aromatic rings. The molecule has 2 aromatic carbocycles. The Bertz CT molecular complexity index is 705. The lowest BCUT2D eigenvalue weighted by Crippen LogP contribution is -2.14. The van der Waals surface area contributed by atoms with Crippen LogP contribution in [0.3, 0.4) is 0 Å².